The third kappa shape index (κ3) is 3.11. The topological polar surface area (TPSA) is 16.1 Å². The molecular weight excluding hydrogens is 336 g/mol. The number of para-hydroxylation sites is 2. The molecule has 0 N–H and O–H groups in total. The van der Waals surface area contributed by atoms with Crippen LogP contribution in [0.4, 0.5) is 5.69 Å². The second-order valence-corrected chi connectivity index (χ2v) is 7.33. The van der Waals surface area contributed by atoms with Gasteiger partial charge in [0.05, 0.1) is 10.2 Å². The van der Waals surface area contributed by atoms with Crippen molar-refractivity contribution in [3.63, 3.8) is 0 Å². The van der Waals surface area contributed by atoms with Gasteiger partial charge in [0.15, 0.2) is 0 Å². The molecule has 4 rings (SSSR count). The zero-order valence-electron chi connectivity index (χ0n) is 15.1. The molecule has 1 aliphatic rings. The van der Waals surface area contributed by atoms with Crippen molar-refractivity contribution in [3.8, 4) is 0 Å². The van der Waals surface area contributed by atoms with E-state index in [2.05, 4.69) is 85.6 Å². The summed E-state index contributed by atoms with van der Waals surface area (Å²) >= 11 is 1.74. The lowest BCUT2D eigenvalue weighted by Crippen LogP contribution is -2.19. The predicted molar refractivity (Wildman–Crippen MR) is 114 cm³/mol. The Labute approximate surface area is 158 Å². The van der Waals surface area contributed by atoms with E-state index in [9.17, 15) is 0 Å². The maximum atomic E-state index is 4.72. The van der Waals surface area contributed by atoms with Crippen molar-refractivity contribution in [1.82, 2.24) is 4.98 Å². The largest absolute Gasteiger partial charge is 0.348 e. The Morgan fingerprint density at radius 3 is 2.69 bits per heavy atom. The van der Waals surface area contributed by atoms with Crippen LogP contribution in [0.1, 0.15) is 30.8 Å². The molecule has 0 spiro atoms. The number of hydrogen-bond donors (Lipinski definition) is 0. The van der Waals surface area contributed by atoms with E-state index in [1.807, 2.05) is 6.07 Å². The first-order valence-corrected chi connectivity index (χ1v) is 9.93. The molecule has 130 valence electrons. The van der Waals surface area contributed by atoms with Crippen LogP contribution < -0.4 is 4.90 Å². The summed E-state index contributed by atoms with van der Waals surface area (Å²) in [5.74, 6) is 0. The summed E-state index contributed by atoms with van der Waals surface area (Å²) in [6.07, 6.45) is 9.81. The minimum atomic E-state index is 0.976. The van der Waals surface area contributed by atoms with Crippen molar-refractivity contribution in [1.29, 1.82) is 0 Å². The van der Waals surface area contributed by atoms with Crippen LogP contribution in [0.3, 0.4) is 0 Å². The molecule has 0 bridgehead atoms. The van der Waals surface area contributed by atoms with Gasteiger partial charge in [-0.15, -0.1) is 11.3 Å². The van der Waals surface area contributed by atoms with Crippen molar-refractivity contribution in [3.05, 3.63) is 83.0 Å². The molecule has 26 heavy (non-hydrogen) atoms. The van der Waals surface area contributed by atoms with Crippen LogP contribution in [0.2, 0.25) is 0 Å². The fourth-order valence-corrected chi connectivity index (χ4v) is 4.24. The fourth-order valence-electron chi connectivity index (χ4n) is 3.37. The smallest absolute Gasteiger partial charge is 0.117 e. The van der Waals surface area contributed by atoms with Crippen LogP contribution in [0.5, 0.6) is 0 Å². The van der Waals surface area contributed by atoms with Crippen LogP contribution in [0.15, 0.2) is 72.5 Å². The van der Waals surface area contributed by atoms with E-state index in [0.29, 0.717) is 0 Å². The highest BCUT2D eigenvalue weighted by Gasteiger charge is 2.16. The molecule has 3 heteroatoms. The molecule has 1 aromatic heterocycles. The van der Waals surface area contributed by atoms with Gasteiger partial charge in [-0.05, 0) is 54.8 Å². The zero-order chi connectivity index (χ0) is 17.9. The predicted octanol–water partition coefficient (Wildman–Crippen LogP) is 6.53. The monoisotopic (exact) mass is 358 g/mol. The number of rotatable bonds is 4. The van der Waals surface area contributed by atoms with Crippen LogP contribution >= 0.6 is 11.3 Å². The van der Waals surface area contributed by atoms with Crippen LogP contribution in [0, 0.1) is 0 Å². The van der Waals surface area contributed by atoms with E-state index in [1.54, 1.807) is 11.3 Å². The van der Waals surface area contributed by atoms with Gasteiger partial charge in [-0.25, -0.2) is 4.98 Å². The number of nitrogens with zero attached hydrogens (tertiary/aromatic N) is 2. The molecule has 0 atom stereocenters. The van der Waals surface area contributed by atoms with Crippen LogP contribution in [-0.4, -0.2) is 11.5 Å². The number of fused-ring (bicyclic) bond motifs is 2. The Morgan fingerprint density at radius 1 is 1.08 bits per heavy atom. The fraction of sp³-hybridized carbons (Fsp3) is 0.174. The van der Waals surface area contributed by atoms with Crippen molar-refractivity contribution >= 4 is 38.9 Å². The average Bonchev–Trinajstić information content (AvgIpc) is 3.11. The van der Waals surface area contributed by atoms with Gasteiger partial charge in [-0.3, -0.25) is 0 Å². The Kier molecular flexibility index (Phi) is 4.72. The molecule has 0 unspecified atom stereocenters. The van der Waals surface area contributed by atoms with Gasteiger partial charge >= 0.3 is 0 Å². The number of allylic oxidation sites excluding steroid dienone is 4. The Morgan fingerprint density at radius 2 is 1.88 bits per heavy atom. The van der Waals surface area contributed by atoms with E-state index in [4.69, 9.17) is 4.98 Å². The van der Waals surface area contributed by atoms with Gasteiger partial charge in [0.2, 0.25) is 0 Å². The summed E-state index contributed by atoms with van der Waals surface area (Å²) in [5.41, 5.74) is 6.31. The normalized spacial score (nSPS) is 15.7. The van der Waals surface area contributed by atoms with Gasteiger partial charge in [-0.2, -0.15) is 0 Å². The van der Waals surface area contributed by atoms with E-state index in [1.165, 1.54) is 27.1 Å². The van der Waals surface area contributed by atoms with Crippen LogP contribution in [0.25, 0.3) is 21.9 Å². The lowest BCUT2D eigenvalue weighted by Gasteiger charge is -2.27. The summed E-state index contributed by atoms with van der Waals surface area (Å²) < 4.78 is 1.24. The number of thiazole rings is 1. The van der Waals surface area contributed by atoms with Crippen molar-refractivity contribution in [2.45, 2.75) is 20.3 Å². The van der Waals surface area contributed by atoms with Crippen molar-refractivity contribution in [2.24, 2.45) is 0 Å². The van der Waals surface area contributed by atoms with E-state index >= 15 is 0 Å². The molecular formula is C23H22N2S. The van der Waals surface area contributed by atoms with Gasteiger partial charge in [0.25, 0.3) is 0 Å². The SMILES string of the molecule is CCC(C=Cc1nc2ccccc2s1)=C1C=CN(CC)c2ccccc21. The number of hydrogen-bond acceptors (Lipinski definition) is 3. The van der Waals surface area contributed by atoms with Crippen LogP contribution in [-0.2, 0) is 0 Å². The van der Waals surface area contributed by atoms with Gasteiger partial charge in [0, 0.05) is 24.0 Å². The second-order valence-electron chi connectivity index (χ2n) is 6.26. The first-order chi connectivity index (χ1) is 12.8. The summed E-state index contributed by atoms with van der Waals surface area (Å²) in [5, 5.41) is 1.06. The summed E-state index contributed by atoms with van der Waals surface area (Å²) in [6.45, 7) is 5.38. The molecule has 0 saturated heterocycles. The maximum absolute atomic E-state index is 4.72. The highest BCUT2D eigenvalue weighted by atomic mass is 32.1. The van der Waals surface area contributed by atoms with Gasteiger partial charge in [0.1, 0.15) is 5.01 Å². The number of anilines is 1. The highest BCUT2D eigenvalue weighted by molar-refractivity contribution is 7.19. The Bertz CT molecular complexity index is 990. The molecule has 0 amide bonds. The molecule has 0 aliphatic carbocycles. The van der Waals surface area contributed by atoms with Gasteiger partial charge < -0.3 is 4.90 Å². The van der Waals surface area contributed by atoms with E-state index < -0.39 is 0 Å². The molecule has 2 aromatic carbocycles. The third-order valence-corrected chi connectivity index (χ3v) is 5.73. The quantitative estimate of drug-likeness (QED) is 0.527. The highest BCUT2D eigenvalue weighted by Crippen LogP contribution is 2.35. The summed E-state index contributed by atoms with van der Waals surface area (Å²) in [7, 11) is 0. The maximum Gasteiger partial charge on any atom is 0.117 e. The molecule has 3 aromatic rings. The summed E-state index contributed by atoms with van der Waals surface area (Å²) in [6, 6.07) is 17.0. The number of aromatic nitrogens is 1. The minimum absolute atomic E-state index is 0.976. The first-order valence-electron chi connectivity index (χ1n) is 9.11. The second kappa shape index (κ2) is 7.30. The zero-order valence-corrected chi connectivity index (χ0v) is 16.0. The van der Waals surface area contributed by atoms with E-state index in [0.717, 1.165) is 23.5 Å². The average molecular weight is 359 g/mol. The minimum Gasteiger partial charge on any atom is -0.348 e. The summed E-state index contributed by atoms with van der Waals surface area (Å²) in [4.78, 5) is 7.01. The molecule has 0 saturated carbocycles. The van der Waals surface area contributed by atoms with Crippen molar-refractivity contribution in [2.75, 3.05) is 11.4 Å². The lowest BCUT2D eigenvalue weighted by atomic mass is 9.93. The lowest BCUT2D eigenvalue weighted by molar-refractivity contribution is 1.00. The molecule has 2 nitrogen and oxygen atoms in total. The van der Waals surface area contributed by atoms with Crippen molar-refractivity contribution < 1.29 is 0 Å². The molecule has 1 aliphatic heterocycles. The Hall–Kier alpha value is -2.65. The molecule has 2 heterocycles. The standard InChI is InChI=1S/C23H22N2S/c1-3-17(13-14-23-24-20-10-6-8-12-22(20)26-23)18-15-16-25(4-2)21-11-7-5-9-19(18)21/h5-16H,3-4H2,1-2H3. The van der Waals surface area contributed by atoms with E-state index in [-0.39, 0.29) is 0 Å². The third-order valence-electron chi connectivity index (χ3n) is 4.73. The molecule has 0 fully saturated rings. The first kappa shape index (κ1) is 16.8. The Balaban J connectivity index is 1.74. The number of benzene rings is 2. The van der Waals surface area contributed by atoms with Gasteiger partial charge in [-0.1, -0.05) is 43.3 Å². The molecule has 0 radical (unpaired) electrons.